The van der Waals surface area contributed by atoms with Crippen LogP contribution < -0.4 is 9.62 Å². The second-order valence-corrected chi connectivity index (χ2v) is 11.7. The minimum Gasteiger partial charge on any atom is -0.481 e. The second kappa shape index (κ2) is 8.70. The molecule has 0 radical (unpaired) electrons. The lowest BCUT2D eigenvalue weighted by Crippen LogP contribution is -2.29. The van der Waals surface area contributed by atoms with Gasteiger partial charge in [-0.05, 0) is 62.1 Å². The van der Waals surface area contributed by atoms with Crippen molar-refractivity contribution < 1.29 is 27.9 Å². The highest BCUT2D eigenvalue weighted by atomic mass is 32.2. The monoisotopic (exact) mass is 531 g/mol. The molecule has 1 aromatic heterocycles. The SMILES string of the molecule is CC(C(=O)O)c1c(/C=C2\C(=O)Nc3ccc(S(=O)(=O)N4CCc5ccccc54)cc32)[nH]c2c1C(=O)CCC2. The Bertz CT molecular complexity index is 1680. The number of rotatable bonds is 5. The van der Waals surface area contributed by atoms with Gasteiger partial charge in [0.15, 0.2) is 5.78 Å². The lowest BCUT2D eigenvalue weighted by Gasteiger charge is -2.20. The summed E-state index contributed by atoms with van der Waals surface area (Å²) in [7, 11) is -3.89. The number of nitrogens with one attached hydrogen (secondary N) is 2. The number of aliphatic carboxylic acids is 1. The molecule has 3 N–H and O–H groups in total. The van der Waals surface area contributed by atoms with Gasteiger partial charge in [-0.15, -0.1) is 0 Å². The van der Waals surface area contributed by atoms with Crippen LogP contribution in [0, 0.1) is 0 Å². The van der Waals surface area contributed by atoms with E-state index in [2.05, 4.69) is 10.3 Å². The fourth-order valence-electron chi connectivity index (χ4n) is 5.63. The van der Waals surface area contributed by atoms with Gasteiger partial charge in [0.2, 0.25) is 0 Å². The predicted molar refractivity (Wildman–Crippen MR) is 142 cm³/mol. The van der Waals surface area contributed by atoms with Gasteiger partial charge < -0.3 is 15.4 Å². The van der Waals surface area contributed by atoms with E-state index in [9.17, 15) is 27.9 Å². The highest BCUT2D eigenvalue weighted by molar-refractivity contribution is 7.92. The number of carbonyl (C=O) groups is 3. The molecule has 1 aliphatic carbocycles. The standard InChI is InChI=1S/C28H25N3O6S/c1-15(28(34)35)25-22(29-21-6-4-8-24(32)26(21)25)14-19-18-13-17(9-10-20(18)30-27(19)33)38(36,37)31-12-11-16-5-2-3-7-23(16)31/h2-3,5,7,9-10,13-15,29H,4,6,8,11-12H2,1H3,(H,30,33)(H,34,35)/b19-14-. The van der Waals surface area contributed by atoms with E-state index in [-0.39, 0.29) is 16.3 Å². The van der Waals surface area contributed by atoms with Crippen molar-refractivity contribution in [1.82, 2.24) is 4.98 Å². The highest BCUT2D eigenvalue weighted by Gasteiger charge is 2.35. The number of hydrogen-bond acceptors (Lipinski definition) is 5. The number of sulfonamides is 1. The smallest absolute Gasteiger partial charge is 0.310 e. The number of carbonyl (C=O) groups excluding carboxylic acids is 2. The predicted octanol–water partition coefficient (Wildman–Crippen LogP) is 3.97. The molecule has 3 aliphatic rings. The Hall–Kier alpha value is -4.18. The van der Waals surface area contributed by atoms with Crippen LogP contribution >= 0.6 is 0 Å². The third-order valence-electron chi connectivity index (χ3n) is 7.55. The first kappa shape index (κ1) is 24.2. The van der Waals surface area contributed by atoms with Gasteiger partial charge in [0.1, 0.15) is 0 Å². The number of H-pyrrole nitrogens is 1. The van der Waals surface area contributed by atoms with Crippen LogP contribution in [0.15, 0.2) is 47.4 Å². The number of anilines is 2. The number of aromatic nitrogens is 1. The van der Waals surface area contributed by atoms with Gasteiger partial charge in [-0.1, -0.05) is 18.2 Å². The van der Waals surface area contributed by atoms with Gasteiger partial charge in [-0.2, -0.15) is 0 Å². The molecule has 9 nitrogen and oxygen atoms in total. The van der Waals surface area contributed by atoms with Crippen LogP contribution in [0.3, 0.4) is 0 Å². The number of benzene rings is 2. The summed E-state index contributed by atoms with van der Waals surface area (Å²) in [6, 6.07) is 11.9. The van der Waals surface area contributed by atoms with Crippen molar-refractivity contribution in [2.45, 2.75) is 43.4 Å². The molecular weight excluding hydrogens is 506 g/mol. The number of aryl methyl sites for hydroxylation is 1. The number of hydrogen-bond donors (Lipinski definition) is 3. The second-order valence-electron chi connectivity index (χ2n) is 9.82. The lowest BCUT2D eigenvalue weighted by atomic mass is 9.87. The minimum absolute atomic E-state index is 0.0513. The summed E-state index contributed by atoms with van der Waals surface area (Å²) in [6.45, 7) is 1.84. The molecule has 2 aliphatic heterocycles. The third kappa shape index (κ3) is 3.66. The van der Waals surface area contributed by atoms with Crippen LogP contribution in [0.25, 0.3) is 11.6 Å². The van der Waals surface area contributed by atoms with Gasteiger partial charge >= 0.3 is 5.97 Å². The van der Waals surface area contributed by atoms with Crippen molar-refractivity contribution in [2.75, 3.05) is 16.2 Å². The first-order valence-electron chi connectivity index (χ1n) is 12.5. The van der Waals surface area contributed by atoms with Crippen molar-refractivity contribution >= 4 is 50.7 Å². The molecule has 1 amide bonds. The number of fused-ring (bicyclic) bond motifs is 3. The maximum atomic E-state index is 13.6. The van der Waals surface area contributed by atoms with Crippen molar-refractivity contribution in [3.63, 3.8) is 0 Å². The topological polar surface area (TPSA) is 137 Å². The van der Waals surface area contributed by atoms with E-state index in [0.717, 1.165) is 5.56 Å². The van der Waals surface area contributed by atoms with Gasteiger partial charge in [0, 0.05) is 46.7 Å². The number of aromatic amines is 1. The quantitative estimate of drug-likeness (QED) is 0.426. The molecule has 0 saturated carbocycles. The first-order chi connectivity index (χ1) is 18.2. The molecule has 0 saturated heterocycles. The molecular formula is C28H25N3O6S. The number of nitrogens with zero attached hydrogens (tertiary/aromatic N) is 1. The number of carboxylic acid groups (broad SMARTS) is 1. The molecule has 3 heterocycles. The molecule has 1 atom stereocenters. The first-order valence-corrected chi connectivity index (χ1v) is 13.9. The average Bonchev–Trinajstić information content (AvgIpc) is 3.57. The summed E-state index contributed by atoms with van der Waals surface area (Å²) in [5.41, 5.74) is 4.44. The Morgan fingerprint density at radius 1 is 1.11 bits per heavy atom. The van der Waals surface area contributed by atoms with Gasteiger partial charge in [0.05, 0.1) is 22.1 Å². The van der Waals surface area contributed by atoms with Crippen LogP contribution in [0.2, 0.25) is 0 Å². The summed E-state index contributed by atoms with van der Waals surface area (Å²) in [5.74, 6) is -2.62. The molecule has 1 unspecified atom stereocenters. The number of carboxylic acids is 1. The Balaban J connectivity index is 1.46. The fourth-order valence-corrected chi connectivity index (χ4v) is 7.16. The summed E-state index contributed by atoms with van der Waals surface area (Å²) in [4.78, 5) is 40.9. The number of ketones is 1. The van der Waals surface area contributed by atoms with Gasteiger partial charge in [-0.25, -0.2) is 8.42 Å². The highest BCUT2D eigenvalue weighted by Crippen LogP contribution is 2.40. The molecule has 2 aromatic carbocycles. The molecule has 38 heavy (non-hydrogen) atoms. The van der Waals surface area contributed by atoms with Gasteiger partial charge in [-0.3, -0.25) is 18.7 Å². The van der Waals surface area contributed by atoms with Crippen molar-refractivity contribution in [3.05, 3.63) is 76.1 Å². The number of para-hydroxylation sites is 1. The molecule has 10 heteroatoms. The maximum absolute atomic E-state index is 13.6. The van der Waals surface area contributed by atoms with E-state index in [4.69, 9.17) is 0 Å². The van der Waals surface area contributed by atoms with E-state index < -0.39 is 27.8 Å². The maximum Gasteiger partial charge on any atom is 0.310 e. The van der Waals surface area contributed by atoms with E-state index in [1.807, 2.05) is 12.1 Å². The minimum atomic E-state index is -3.89. The summed E-state index contributed by atoms with van der Waals surface area (Å²) in [6.07, 6.45) is 3.75. The van der Waals surface area contributed by atoms with Crippen LogP contribution in [-0.2, 0) is 32.5 Å². The van der Waals surface area contributed by atoms with Crippen molar-refractivity contribution in [1.29, 1.82) is 0 Å². The Morgan fingerprint density at radius 2 is 1.89 bits per heavy atom. The van der Waals surface area contributed by atoms with E-state index in [1.165, 1.54) is 29.4 Å². The summed E-state index contributed by atoms with van der Waals surface area (Å²) < 4.78 is 28.6. The van der Waals surface area contributed by atoms with Crippen LogP contribution in [0.1, 0.15) is 64.1 Å². The fraction of sp³-hybridized carbons (Fsp3) is 0.250. The van der Waals surface area contributed by atoms with Gasteiger partial charge in [0.25, 0.3) is 15.9 Å². The number of amides is 1. The third-order valence-corrected chi connectivity index (χ3v) is 9.36. The van der Waals surface area contributed by atoms with Crippen LogP contribution in [0.4, 0.5) is 11.4 Å². The Labute approximate surface area is 219 Å². The van der Waals surface area contributed by atoms with Crippen LogP contribution in [0.5, 0.6) is 0 Å². The van der Waals surface area contributed by atoms with E-state index in [1.54, 1.807) is 18.2 Å². The molecule has 194 valence electrons. The van der Waals surface area contributed by atoms with Crippen molar-refractivity contribution in [3.8, 4) is 0 Å². The lowest BCUT2D eigenvalue weighted by molar-refractivity contribution is -0.138. The molecule has 3 aromatic rings. The summed E-state index contributed by atoms with van der Waals surface area (Å²) in [5, 5.41) is 12.5. The largest absolute Gasteiger partial charge is 0.481 e. The molecule has 0 spiro atoms. The normalized spacial score (nSPS) is 18.2. The Kier molecular flexibility index (Phi) is 5.53. The molecule has 0 bridgehead atoms. The zero-order chi connectivity index (χ0) is 26.8. The Morgan fingerprint density at radius 3 is 2.68 bits per heavy atom. The van der Waals surface area contributed by atoms with E-state index >= 15 is 0 Å². The summed E-state index contributed by atoms with van der Waals surface area (Å²) >= 11 is 0. The van der Waals surface area contributed by atoms with Crippen LogP contribution in [-0.4, -0.2) is 42.7 Å². The molecule has 0 fully saturated rings. The zero-order valence-electron chi connectivity index (χ0n) is 20.6. The number of Topliss-reactive ketones (excluding diaryl/α,β-unsaturated/α-hetero) is 1. The zero-order valence-corrected chi connectivity index (χ0v) is 21.4. The van der Waals surface area contributed by atoms with Crippen molar-refractivity contribution in [2.24, 2.45) is 0 Å². The molecule has 6 rings (SSSR count). The average molecular weight is 532 g/mol. The van der Waals surface area contributed by atoms with E-state index in [0.29, 0.717) is 71.7 Å².